The molecule has 2 N–H and O–H groups in total. The Morgan fingerprint density at radius 1 is 1.47 bits per heavy atom. The second kappa shape index (κ2) is 4.48. The number of nitrogens with zero attached hydrogens (tertiary/aromatic N) is 4. The molecule has 6 heteroatoms. The minimum absolute atomic E-state index is 0.171. The molecule has 0 spiro atoms. The Hall–Kier alpha value is -1.98. The van der Waals surface area contributed by atoms with E-state index in [9.17, 15) is 4.39 Å². The van der Waals surface area contributed by atoms with Gasteiger partial charge in [0.25, 0.3) is 0 Å². The molecule has 0 saturated heterocycles. The molecule has 1 atom stereocenters. The van der Waals surface area contributed by atoms with Crippen LogP contribution in [0.15, 0.2) is 18.2 Å². The van der Waals surface area contributed by atoms with Gasteiger partial charge in [-0.1, -0.05) is 6.92 Å². The van der Waals surface area contributed by atoms with E-state index in [2.05, 4.69) is 15.5 Å². The SMILES string of the molecule is CCC(C)n1nnnc1-c1ccc(F)cc1N. The summed E-state index contributed by atoms with van der Waals surface area (Å²) in [6, 6.07) is 4.38. The van der Waals surface area contributed by atoms with Crippen LogP contribution in [0, 0.1) is 5.82 Å². The zero-order valence-electron chi connectivity index (χ0n) is 9.76. The van der Waals surface area contributed by atoms with Gasteiger partial charge in [0.05, 0.1) is 6.04 Å². The van der Waals surface area contributed by atoms with Crippen molar-refractivity contribution in [2.75, 3.05) is 5.73 Å². The lowest BCUT2D eigenvalue weighted by molar-refractivity contribution is 0.469. The van der Waals surface area contributed by atoms with Crippen molar-refractivity contribution in [1.29, 1.82) is 0 Å². The van der Waals surface area contributed by atoms with Crippen LogP contribution in [0.4, 0.5) is 10.1 Å². The second-order valence-corrected chi connectivity index (χ2v) is 3.94. The van der Waals surface area contributed by atoms with E-state index >= 15 is 0 Å². The molecule has 0 amide bonds. The van der Waals surface area contributed by atoms with E-state index in [1.807, 2.05) is 13.8 Å². The van der Waals surface area contributed by atoms with E-state index in [1.165, 1.54) is 12.1 Å². The summed E-state index contributed by atoms with van der Waals surface area (Å²) in [4.78, 5) is 0. The van der Waals surface area contributed by atoms with Crippen LogP contribution in [0.25, 0.3) is 11.4 Å². The molecule has 1 aromatic heterocycles. The summed E-state index contributed by atoms with van der Waals surface area (Å²) in [5.74, 6) is 0.200. The fraction of sp³-hybridized carbons (Fsp3) is 0.364. The van der Waals surface area contributed by atoms with E-state index in [4.69, 9.17) is 5.73 Å². The highest BCUT2D eigenvalue weighted by Crippen LogP contribution is 2.26. The molecule has 90 valence electrons. The molecule has 0 aliphatic heterocycles. The molecule has 0 fully saturated rings. The number of tetrazole rings is 1. The van der Waals surface area contributed by atoms with Gasteiger partial charge in [0.1, 0.15) is 5.82 Å². The Morgan fingerprint density at radius 2 is 2.24 bits per heavy atom. The first-order valence-corrected chi connectivity index (χ1v) is 5.46. The molecule has 2 rings (SSSR count). The van der Waals surface area contributed by atoms with Crippen LogP contribution in [0.1, 0.15) is 26.3 Å². The number of nitrogens with two attached hydrogens (primary N) is 1. The monoisotopic (exact) mass is 235 g/mol. The highest BCUT2D eigenvalue weighted by molar-refractivity contribution is 5.71. The zero-order valence-corrected chi connectivity index (χ0v) is 9.76. The summed E-state index contributed by atoms with van der Waals surface area (Å²) in [6.45, 7) is 4.06. The minimum Gasteiger partial charge on any atom is -0.398 e. The van der Waals surface area contributed by atoms with Gasteiger partial charge < -0.3 is 5.73 Å². The largest absolute Gasteiger partial charge is 0.398 e. The average molecular weight is 235 g/mol. The molecule has 5 nitrogen and oxygen atoms in total. The van der Waals surface area contributed by atoms with Gasteiger partial charge in [-0.05, 0) is 42.0 Å². The molecule has 0 radical (unpaired) electrons. The molecule has 1 heterocycles. The Labute approximate surface area is 98.4 Å². The van der Waals surface area contributed by atoms with E-state index in [-0.39, 0.29) is 11.9 Å². The van der Waals surface area contributed by atoms with Crippen molar-refractivity contribution in [2.24, 2.45) is 0 Å². The third kappa shape index (κ3) is 2.11. The van der Waals surface area contributed by atoms with Crippen LogP contribution in [-0.4, -0.2) is 20.2 Å². The maximum absolute atomic E-state index is 13.0. The van der Waals surface area contributed by atoms with Crippen molar-refractivity contribution >= 4 is 5.69 Å². The first-order valence-electron chi connectivity index (χ1n) is 5.46. The summed E-state index contributed by atoms with van der Waals surface area (Å²) in [5.41, 5.74) is 6.76. The Balaban J connectivity index is 2.50. The third-order valence-corrected chi connectivity index (χ3v) is 2.76. The molecule has 2 aromatic rings. The van der Waals surface area contributed by atoms with E-state index in [0.29, 0.717) is 17.1 Å². The lowest BCUT2D eigenvalue weighted by Gasteiger charge is -2.11. The van der Waals surface area contributed by atoms with Crippen LogP contribution < -0.4 is 5.73 Å². The Kier molecular flexibility index (Phi) is 3.03. The molecule has 1 aromatic carbocycles. The van der Waals surface area contributed by atoms with Gasteiger partial charge in [0, 0.05) is 11.3 Å². The molecule has 0 saturated carbocycles. The van der Waals surface area contributed by atoms with Crippen molar-refractivity contribution in [3.63, 3.8) is 0 Å². The topological polar surface area (TPSA) is 69.6 Å². The van der Waals surface area contributed by atoms with Crippen molar-refractivity contribution in [3.8, 4) is 11.4 Å². The highest BCUT2D eigenvalue weighted by Gasteiger charge is 2.15. The second-order valence-electron chi connectivity index (χ2n) is 3.94. The lowest BCUT2D eigenvalue weighted by atomic mass is 10.1. The van der Waals surface area contributed by atoms with Crippen LogP contribution in [0.2, 0.25) is 0 Å². The van der Waals surface area contributed by atoms with Crippen molar-refractivity contribution in [3.05, 3.63) is 24.0 Å². The molecule has 0 bridgehead atoms. The first kappa shape index (κ1) is 11.5. The maximum atomic E-state index is 13.0. The number of nitrogen functional groups attached to an aromatic ring is 1. The lowest BCUT2D eigenvalue weighted by Crippen LogP contribution is -2.08. The number of benzene rings is 1. The number of anilines is 1. The molecule has 17 heavy (non-hydrogen) atoms. The molecular formula is C11H14FN5. The number of rotatable bonds is 3. The average Bonchev–Trinajstić information content (AvgIpc) is 2.77. The smallest absolute Gasteiger partial charge is 0.184 e. The van der Waals surface area contributed by atoms with Gasteiger partial charge >= 0.3 is 0 Å². The molecular weight excluding hydrogens is 221 g/mol. The van der Waals surface area contributed by atoms with Gasteiger partial charge in [-0.2, -0.15) is 0 Å². The molecule has 1 unspecified atom stereocenters. The van der Waals surface area contributed by atoms with Gasteiger partial charge in [0.2, 0.25) is 0 Å². The van der Waals surface area contributed by atoms with E-state index < -0.39 is 0 Å². The summed E-state index contributed by atoms with van der Waals surface area (Å²) in [6.07, 6.45) is 0.902. The first-order chi connectivity index (χ1) is 8.13. The summed E-state index contributed by atoms with van der Waals surface area (Å²) < 4.78 is 14.7. The van der Waals surface area contributed by atoms with Crippen molar-refractivity contribution in [2.45, 2.75) is 26.3 Å². The van der Waals surface area contributed by atoms with Crippen molar-refractivity contribution < 1.29 is 4.39 Å². The minimum atomic E-state index is -0.367. The number of aromatic nitrogens is 4. The van der Waals surface area contributed by atoms with E-state index in [1.54, 1.807) is 10.7 Å². The maximum Gasteiger partial charge on any atom is 0.184 e. The quantitative estimate of drug-likeness (QED) is 0.826. The Bertz CT molecular complexity index is 522. The van der Waals surface area contributed by atoms with Gasteiger partial charge in [-0.3, -0.25) is 0 Å². The Morgan fingerprint density at radius 3 is 2.88 bits per heavy atom. The predicted molar refractivity (Wildman–Crippen MR) is 62.6 cm³/mol. The number of halogens is 1. The molecule has 0 aliphatic rings. The van der Waals surface area contributed by atoms with Crippen molar-refractivity contribution in [1.82, 2.24) is 20.2 Å². The van der Waals surface area contributed by atoms with E-state index in [0.717, 1.165) is 6.42 Å². The van der Waals surface area contributed by atoms with Gasteiger partial charge in [-0.15, -0.1) is 5.10 Å². The highest BCUT2D eigenvalue weighted by atomic mass is 19.1. The van der Waals surface area contributed by atoms with Crippen LogP contribution in [-0.2, 0) is 0 Å². The fourth-order valence-electron chi connectivity index (χ4n) is 1.58. The molecule has 0 aliphatic carbocycles. The standard InChI is InChI=1S/C11H14FN5/c1-3-7(2)17-11(14-15-16-17)9-5-4-8(12)6-10(9)13/h4-7H,3,13H2,1-2H3. The predicted octanol–water partition coefficient (Wildman–Crippen LogP) is 2.03. The number of hydrogen-bond acceptors (Lipinski definition) is 4. The third-order valence-electron chi connectivity index (χ3n) is 2.76. The van der Waals surface area contributed by atoms with Gasteiger partial charge in [0.15, 0.2) is 5.82 Å². The normalized spacial score (nSPS) is 12.6. The van der Waals surface area contributed by atoms with Crippen LogP contribution >= 0.6 is 0 Å². The van der Waals surface area contributed by atoms with Crippen LogP contribution in [0.5, 0.6) is 0 Å². The van der Waals surface area contributed by atoms with Gasteiger partial charge in [-0.25, -0.2) is 9.07 Å². The summed E-state index contributed by atoms with van der Waals surface area (Å²) in [7, 11) is 0. The number of hydrogen-bond donors (Lipinski definition) is 1. The fourth-order valence-corrected chi connectivity index (χ4v) is 1.58. The summed E-state index contributed by atoms with van der Waals surface area (Å²) in [5, 5.41) is 11.5. The zero-order chi connectivity index (χ0) is 12.4. The summed E-state index contributed by atoms with van der Waals surface area (Å²) >= 11 is 0. The van der Waals surface area contributed by atoms with Crippen LogP contribution in [0.3, 0.4) is 0 Å².